The van der Waals surface area contributed by atoms with E-state index >= 15 is 0 Å². The molecule has 0 aliphatic heterocycles. The molecule has 1 nitrogen and oxygen atoms in total. The molecular weight excluding hydrogens is 264 g/mol. The SMILES string of the molecule is CCCCCCCC/C=C/CCCCCCCC(=O)S. The highest BCUT2D eigenvalue weighted by molar-refractivity contribution is 7.96. The molecule has 2 heteroatoms. The lowest BCUT2D eigenvalue weighted by atomic mass is 10.1. The largest absolute Gasteiger partial charge is 0.288 e. The van der Waals surface area contributed by atoms with Gasteiger partial charge in [0.05, 0.1) is 0 Å². The Bertz CT molecular complexity index is 236. The van der Waals surface area contributed by atoms with Crippen LogP contribution in [-0.4, -0.2) is 5.12 Å². The van der Waals surface area contributed by atoms with E-state index in [4.69, 9.17) is 0 Å². The van der Waals surface area contributed by atoms with Crippen molar-refractivity contribution in [2.24, 2.45) is 0 Å². The number of carbonyl (C=O) groups is 1. The highest BCUT2D eigenvalue weighted by Crippen LogP contribution is 2.10. The van der Waals surface area contributed by atoms with Gasteiger partial charge in [-0.1, -0.05) is 70.4 Å². The van der Waals surface area contributed by atoms with E-state index in [0.29, 0.717) is 6.42 Å². The molecule has 0 heterocycles. The van der Waals surface area contributed by atoms with Crippen molar-refractivity contribution >= 4 is 17.7 Å². The van der Waals surface area contributed by atoms with E-state index in [0.717, 1.165) is 6.42 Å². The van der Waals surface area contributed by atoms with Crippen molar-refractivity contribution in [2.45, 2.75) is 96.8 Å². The van der Waals surface area contributed by atoms with Crippen molar-refractivity contribution in [1.29, 1.82) is 0 Å². The van der Waals surface area contributed by atoms with Crippen LogP contribution < -0.4 is 0 Å². The lowest BCUT2D eigenvalue weighted by Gasteiger charge is -1.99. The van der Waals surface area contributed by atoms with Crippen LogP contribution in [0.4, 0.5) is 0 Å². The first-order chi connectivity index (χ1) is 9.77. The number of allylic oxidation sites excluding steroid dienone is 2. The second-order valence-electron chi connectivity index (χ2n) is 5.73. The fourth-order valence-electron chi connectivity index (χ4n) is 2.35. The van der Waals surface area contributed by atoms with Crippen LogP contribution in [0.25, 0.3) is 0 Å². The van der Waals surface area contributed by atoms with Gasteiger partial charge in [0, 0.05) is 6.42 Å². The Hall–Kier alpha value is -0.240. The van der Waals surface area contributed by atoms with Crippen LogP contribution in [0.3, 0.4) is 0 Å². The molecular formula is C18H34OS. The quantitative estimate of drug-likeness (QED) is 0.208. The van der Waals surface area contributed by atoms with Crippen molar-refractivity contribution in [2.75, 3.05) is 0 Å². The maximum absolute atomic E-state index is 10.6. The number of thiol groups is 1. The molecule has 0 amide bonds. The number of carbonyl (C=O) groups excluding carboxylic acids is 1. The van der Waals surface area contributed by atoms with Crippen LogP contribution >= 0.6 is 12.6 Å². The van der Waals surface area contributed by atoms with Crippen LogP contribution in [0.1, 0.15) is 96.8 Å². The normalized spacial score (nSPS) is 11.3. The highest BCUT2D eigenvalue weighted by Gasteiger charge is 1.94. The summed E-state index contributed by atoms with van der Waals surface area (Å²) in [5.74, 6) is 0. The summed E-state index contributed by atoms with van der Waals surface area (Å²) < 4.78 is 0. The summed E-state index contributed by atoms with van der Waals surface area (Å²) in [6.45, 7) is 2.27. The number of hydrogen-bond acceptors (Lipinski definition) is 1. The average molecular weight is 299 g/mol. The summed E-state index contributed by atoms with van der Waals surface area (Å²) in [4.78, 5) is 10.6. The Morgan fingerprint density at radius 3 is 1.70 bits per heavy atom. The monoisotopic (exact) mass is 298 g/mol. The van der Waals surface area contributed by atoms with Gasteiger partial charge in [-0.3, -0.25) is 4.79 Å². The minimum atomic E-state index is 0.0302. The number of hydrogen-bond donors (Lipinski definition) is 1. The number of rotatable bonds is 15. The molecule has 0 bridgehead atoms. The van der Waals surface area contributed by atoms with Gasteiger partial charge in [-0.15, -0.1) is 12.6 Å². The number of unbranched alkanes of at least 4 members (excludes halogenated alkanes) is 11. The van der Waals surface area contributed by atoms with Gasteiger partial charge in [0.25, 0.3) is 0 Å². The van der Waals surface area contributed by atoms with E-state index < -0.39 is 0 Å². The second-order valence-corrected chi connectivity index (χ2v) is 6.23. The molecule has 0 aromatic heterocycles. The molecule has 0 N–H and O–H groups in total. The minimum Gasteiger partial charge on any atom is -0.288 e. The van der Waals surface area contributed by atoms with Gasteiger partial charge in [0.2, 0.25) is 0 Å². The molecule has 0 aromatic rings. The minimum absolute atomic E-state index is 0.0302. The first kappa shape index (κ1) is 19.8. The van der Waals surface area contributed by atoms with E-state index in [1.807, 2.05) is 0 Å². The highest BCUT2D eigenvalue weighted by atomic mass is 32.1. The molecule has 0 radical (unpaired) electrons. The smallest absolute Gasteiger partial charge is 0.185 e. The first-order valence-corrected chi connectivity index (χ1v) is 9.09. The van der Waals surface area contributed by atoms with E-state index in [-0.39, 0.29) is 5.12 Å². The fourth-order valence-corrected chi connectivity index (χ4v) is 2.51. The van der Waals surface area contributed by atoms with Crippen molar-refractivity contribution in [1.82, 2.24) is 0 Å². The van der Waals surface area contributed by atoms with Crippen molar-refractivity contribution in [3.05, 3.63) is 12.2 Å². The summed E-state index contributed by atoms with van der Waals surface area (Å²) in [5.41, 5.74) is 0. The molecule has 0 aromatic carbocycles. The molecule has 0 saturated carbocycles. The van der Waals surface area contributed by atoms with Crippen LogP contribution in [0, 0.1) is 0 Å². The predicted octanol–water partition coefficient (Wildman–Crippen LogP) is 6.48. The lowest BCUT2D eigenvalue weighted by Crippen LogP contribution is -1.86. The Morgan fingerprint density at radius 2 is 1.20 bits per heavy atom. The third-order valence-corrected chi connectivity index (χ3v) is 3.88. The second kappa shape index (κ2) is 16.8. The van der Waals surface area contributed by atoms with Gasteiger partial charge < -0.3 is 0 Å². The Balaban J connectivity index is 3.07. The maximum atomic E-state index is 10.6. The van der Waals surface area contributed by atoms with Gasteiger partial charge >= 0.3 is 0 Å². The van der Waals surface area contributed by atoms with E-state index in [1.54, 1.807) is 0 Å². The molecule has 0 atom stereocenters. The van der Waals surface area contributed by atoms with E-state index in [9.17, 15) is 4.79 Å². The maximum Gasteiger partial charge on any atom is 0.185 e. The molecule has 20 heavy (non-hydrogen) atoms. The molecule has 0 aliphatic rings. The van der Waals surface area contributed by atoms with Crippen molar-refractivity contribution < 1.29 is 4.79 Å². The average Bonchev–Trinajstić information content (AvgIpc) is 2.43. The zero-order valence-corrected chi connectivity index (χ0v) is 14.3. The predicted molar refractivity (Wildman–Crippen MR) is 93.4 cm³/mol. The topological polar surface area (TPSA) is 17.1 Å². The van der Waals surface area contributed by atoms with Gasteiger partial charge in [-0.05, 0) is 32.1 Å². The van der Waals surface area contributed by atoms with Crippen molar-refractivity contribution in [3.8, 4) is 0 Å². The molecule has 0 spiro atoms. The van der Waals surface area contributed by atoms with E-state index in [2.05, 4.69) is 31.7 Å². The zero-order valence-electron chi connectivity index (χ0n) is 13.4. The van der Waals surface area contributed by atoms with Gasteiger partial charge in [-0.25, -0.2) is 0 Å². The first-order valence-electron chi connectivity index (χ1n) is 8.64. The molecule has 0 saturated heterocycles. The zero-order chi connectivity index (χ0) is 14.9. The Labute approximate surface area is 132 Å². The summed E-state index contributed by atoms with van der Waals surface area (Å²) in [6, 6.07) is 0. The van der Waals surface area contributed by atoms with Crippen LogP contribution in [0.15, 0.2) is 12.2 Å². The molecule has 118 valence electrons. The standard InChI is InChI=1S/C18H34OS/c1-2-3-4-5-6-7-8-9-10-11-12-13-14-15-16-17-18(19)20/h9-10H,2-8,11-17H2,1H3,(H,19,20)/b10-9+. The Kier molecular flexibility index (Phi) is 16.6. The van der Waals surface area contributed by atoms with Gasteiger partial charge in [-0.2, -0.15) is 0 Å². The van der Waals surface area contributed by atoms with Gasteiger partial charge in [0.15, 0.2) is 5.12 Å². The lowest BCUT2D eigenvalue weighted by molar-refractivity contribution is -0.110. The van der Waals surface area contributed by atoms with Crippen molar-refractivity contribution in [3.63, 3.8) is 0 Å². The Morgan fingerprint density at radius 1 is 0.750 bits per heavy atom. The molecule has 0 unspecified atom stereocenters. The van der Waals surface area contributed by atoms with Crippen LogP contribution in [0.2, 0.25) is 0 Å². The van der Waals surface area contributed by atoms with Gasteiger partial charge in [0.1, 0.15) is 0 Å². The fraction of sp³-hybridized carbons (Fsp3) is 0.833. The van der Waals surface area contributed by atoms with E-state index in [1.165, 1.54) is 77.0 Å². The summed E-state index contributed by atoms with van der Waals surface area (Å²) in [5, 5.41) is 0.0302. The molecule has 0 rings (SSSR count). The third-order valence-electron chi connectivity index (χ3n) is 3.65. The third kappa shape index (κ3) is 17.8. The molecule has 0 aliphatic carbocycles. The summed E-state index contributed by atoms with van der Waals surface area (Å²) in [6.07, 6.45) is 22.2. The summed E-state index contributed by atoms with van der Waals surface area (Å²) in [7, 11) is 0. The van der Waals surface area contributed by atoms with Crippen LogP contribution in [0.5, 0.6) is 0 Å². The summed E-state index contributed by atoms with van der Waals surface area (Å²) >= 11 is 3.77. The van der Waals surface area contributed by atoms with Crippen LogP contribution in [-0.2, 0) is 4.79 Å². The molecule has 0 fully saturated rings.